The van der Waals surface area contributed by atoms with Crippen molar-refractivity contribution in [3.63, 3.8) is 0 Å². The topological polar surface area (TPSA) is 298 Å². The molecule has 0 saturated carbocycles. The summed E-state index contributed by atoms with van der Waals surface area (Å²) >= 11 is 6.19. The van der Waals surface area contributed by atoms with Crippen LogP contribution in [0.1, 0.15) is 79.4 Å². The van der Waals surface area contributed by atoms with Gasteiger partial charge in [-0.15, -0.1) is 4.68 Å². The average Bonchev–Trinajstić information content (AvgIpc) is 3.68. The second-order valence-electron chi connectivity index (χ2n) is 16.3. The Hall–Kier alpha value is -7.37. The van der Waals surface area contributed by atoms with Crippen LogP contribution in [0.25, 0.3) is 5.69 Å². The number of fused-ring (bicyclic) bond motifs is 9. The summed E-state index contributed by atoms with van der Waals surface area (Å²) in [5.74, 6) is -1.12. The van der Waals surface area contributed by atoms with E-state index in [0.717, 1.165) is 34.7 Å². The number of hydrogen-bond donors (Lipinski definition) is 6. The van der Waals surface area contributed by atoms with E-state index in [1.54, 1.807) is 23.9 Å². The van der Waals surface area contributed by atoms with Gasteiger partial charge in [0, 0.05) is 63.5 Å². The molecular weight excluding hydrogens is 956 g/mol. The molecule has 69 heavy (non-hydrogen) atoms. The number of hydrogen-bond acceptors (Lipinski definition) is 14. The third kappa shape index (κ3) is 8.28. The SMILES string of the molecule is COc1ccc2c(c1)C(c1ccc(Cl)cc1)=NCc1n(CC(=O)NCCCCCNC(=O)c3ccc4c(c3)C3(OC4=O)c4ccc(N)c(S(=O)(=O)O)c4Oc4c3ccc(N)c4S(=O)(=O)O)nc(C)[n+]1-2. The Bertz CT molecular complexity index is 3350. The van der Waals surface area contributed by atoms with Gasteiger partial charge in [-0.1, -0.05) is 23.7 Å². The number of aromatic nitrogens is 3. The molecule has 0 fully saturated rings. The van der Waals surface area contributed by atoms with E-state index < -0.39 is 70.4 Å². The molecule has 0 unspecified atom stereocenters. The minimum Gasteiger partial charge on any atom is -0.497 e. The van der Waals surface area contributed by atoms with Crippen molar-refractivity contribution >= 4 is 66.7 Å². The maximum Gasteiger partial charge on any atom is 0.340 e. The number of rotatable bonds is 13. The molecule has 1 aromatic heterocycles. The Morgan fingerprint density at radius 1 is 0.841 bits per heavy atom. The number of carbonyl (C=O) groups excluding carboxylic acids is 3. The van der Waals surface area contributed by atoms with E-state index in [0.29, 0.717) is 48.2 Å². The Kier molecular flexibility index (Phi) is 11.9. The molecule has 1 spiro atoms. The largest absolute Gasteiger partial charge is 0.497 e. The summed E-state index contributed by atoms with van der Waals surface area (Å²) < 4.78 is 92.2. The summed E-state index contributed by atoms with van der Waals surface area (Å²) in [5, 5.41) is 11.1. The smallest absolute Gasteiger partial charge is 0.340 e. The van der Waals surface area contributed by atoms with Crippen molar-refractivity contribution in [3.05, 3.63) is 141 Å². The molecule has 23 heteroatoms. The number of unbranched alkanes of at least 4 members (excludes halogenated alkanes) is 2. The summed E-state index contributed by atoms with van der Waals surface area (Å²) in [4.78, 5) is 43.5. The monoisotopic (exact) mass is 997 g/mol. The fourth-order valence-electron chi connectivity index (χ4n) is 8.93. The molecule has 356 valence electrons. The number of benzene rings is 5. The summed E-state index contributed by atoms with van der Waals surface area (Å²) in [6, 6.07) is 21.9. The van der Waals surface area contributed by atoms with Gasteiger partial charge in [0.2, 0.25) is 0 Å². The molecular formula is C46H42ClN8O12S2+. The lowest BCUT2D eigenvalue weighted by Gasteiger charge is -2.37. The first kappa shape index (κ1) is 46.7. The number of nitrogens with zero attached hydrogens (tertiary/aromatic N) is 4. The predicted octanol–water partition coefficient (Wildman–Crippen LogP) is 4.42. The van der Waals surface area contributed by atoms with Gasteiger partial charge in [-0.3, -0.25) is 23.7 Å². The third-order valence-corrected chi connectivity index (χ3v) is 14.1. The van der Waals surface area contributed by atoms with Crippen molar-refractivity contribution in [3.8, 4) is 22.9 Å². The van der Waals surface area contributed by atoms with Crippen molar-refractivity contribution in [1.29, 1.82) is 0 Å². The maximum absolute atomic E-state index is 13.6. The van der Waals surface area contributed by atoms with E-state index in [2.05, 4.69) is 10.6 Å². The summed E-state index contributed by atoms with van der Waals surface area (Å²) in [6.07, 6.45) is 1.73. The number of amides is 2. The molecule has 0 aliphatic carbocycles. The Labute approximate surface area is 399 Å². The van der Waals surface area contributed by atoms with Crippen molar-refractivity contribution in [1.82, 2.24) is 20.4 Å². The van der Waals surface area contributed by atoms with Gasteiger partial charge in [-0.25, -0.2) is 4.79 Å². The number of nitrogens with two attached hydrogens (primary N) is 2. The van der Waals surface area contributed by atoms with Crippen LogP contribution in [0.4, 0.5) is 11.4 Å². The average molecular weight is 998 g/mol. The maximum atomic E-state index is 13.6. The zero-order valence-electron chi connectivity index (χ0n) is 36.6. The second-order valence-corrected chi connectivity index (χ2v) is 19.4. The first-order valence-corrected chi connectivity index (χ1v) is 24.5. The van der Waals surface area contributed by atoms with Crippen molar-refractivity contribution in [2.45, 2.75) is 54.7 Å². The number of nitrogen functional groups attached to an aromatic ring is 2. The molecule has 9 rings (SSSR count). The van der Waals surface area contributed by atoms with Gasteiger partial charge < -0.3 is 36.3 Å². The van der Waals surface area contributed by atoms with E-state index in [-0.39, 0.29) is 53.4 Å². The van der Waals surface area contributed by atoms with Crippen LogP contribution < -0.4 is 36.1 Å². The molecule has 0 radical (unpaired) electrons. The predicted molar refractivity (Wildman–Crippen MR) is 248 cm³/mol. The van der Waals surface area contributed by atoms with Gasteiger partial charge in [0.1, 0.15) is 18.0 Å². The van der Waals surface area contributed by atoms with E-state index in [4.69, 9.17) is 47.4 Å². The Balaban J connectivity index is 0.868. The number of halogens is 1. The number of ether oxygens (including phenoxy) is 3. The fourth-order valence-corrected chi connectivity index (χ4v) is 10.6. The number of nitrogens with one attached hydrogen (secondary N) is 2. The normalized spacial score (nSPS) is 14.2. The number of carbonyl (C=O) groups is 3. The molecule has 0 bridgehead atoms. The molecule has 0 saturated heterocycles. The van der Waals surface area contributed by atoms with Crippen LogP contribution in [0.5, 0.6) is 17.2 Å². The van der Waals surface area contributed by atoms with Crippen LogP contribution in [0, 0.1) is 6.92 Å². The number of aryl methyl sites for hydroxylation is 1. The quantitative estimate of drug-likeness (QED) is 0.0307. The first-order chi connectivity index (χ1) is 32.8. The molecule has 8 N–H and O–H groups in total. The molecule has 5 aromatic carbocycles. The lowest BCUT2D eigenvalue weighted by atomic mass is 9.77. The first-order valence-electron chi connectivity index (χ1n) is 21.2. The van der Waals surface area contributed by atoms with Crippen LogP contribution in [0.2, 0.25) is 5.02 Å². The zero-order valence-corrected chi connectivity index (χ0v) is 39.0. The van der Waals surface area contributed by atoms with Crippen molar-refractivity contribution in [2.75, 3.05) is 31.7 Å². The van der Waals surface area contributed by atoms with E-state index in [9.17, 15) is 40.3 Å². The van der Waals surface area contributed by atoms with Crippen molar-refractivity contribution in [2.24, 2.45) is 4.99 Å². The van der Waals surface area contributed by atoms with Gasteiger partial charge in [0.15, 0.2) is 33.4 Å². The summed E-state index contributed by atoms with van der Waals surface area (Å²) in [5.41, 5.74) is 11.6. The highest BCUT2D eigenvalue weighted by molar-refractivity contribution is 7.86. The summed E-state index contributed by atoms with van der Waals surface area (Å²) in [7, 11) is -8.78. The van der Waals surface area contributed by atoms with Crippen molar-refractivity contribution < 1.29 is 59.1 Å². The lowest BCUT2D eigenvalue weighted by Crippen LogP contribution is -2.38. The molecule has 4 heterocycles. The number of aliphatic imine (C=N–C) groups is 1. The Morgan fingerprint density at radius 2 is 1.48 bits per heavy atom. The van der Waals surface area contributed by atoms with Crippen LogP contribution in [-0.4, -0.2) is 79.4 Å². The number of methoxy groups -OCH3 is 1. The molecule has 0 atom stereocenters. The zero-order chi connectivity index (χ0) is 49.2. The van der Waals surface area contributed by atoms with Gasteiger partial charge in [0.05, 0.1) is 29.8 Å². The minimum absolute atomic E-state index is 0.0142. The number of anilines is 2. The highest BCUT2D eigenvalue weighted by Crippen LogP contribution is 2.60. The molecule has 20 nitrogen and oxygen atoms in total. The molecule has 3 aliphatic heterocycles. The lowest BCUT2D eigenvalue weighted by molar-refractivity contribution is -0.611. The highest BCUT2D eigenvalue weighted by Gasteiger charge is 2.56. The molecule has 2 amide bonds. The third-order valence-electron chi connectivity index (χ3n) is 12.0. The molecule has 6 aromatic rings. The van der Waals surface area contributed by atoms with Gasteiger partial charge in [-0.2, -0.15) is 21.4 Å². The van der Waals surface area contributed by atoms with Crippen LogP contribution in [0.3, 0.4) is 0 Å². The van der Waals surface area contributed by atoms with Gasteiger partial charge >= 0.3 is 5.97 Å². The van der Waals surface area contributed by atoms with Crippen LogP contribution >= 0.6 is 11.6 Å². The summed E-state index contributed by atoms with van der Waals surface area (Å²) in [6.45, 7) is 2.63. The Morgan fingerprint density at radius 3 is 2.10 bits per heavy atom. The number of esters is 1. The van der Waals surface area contributed by atoms with Gasteiger partial charge in [-0.05, 0) is 92.1 Å². The van der Waals surface area contributed by atoms with Gasteiger partial charge in [0.25, 0.3) is 43.7 Å². The van der Waals surface area contributed by atoms with Crippen LogP contribution in [-0.2, 0) is 48.5 Å². The van der Waals surface area contributed by atoms with E-state index in [1.807, 2.05) is 41.8 Å². The fraction of sp³-hybridized carbons (Fsp3) is 0.217. The highest BCUT2D eigenvalue weighted by atomic mass is 35.5. The minimum atomic E-state index is -5.19. The van der Waals surface area contributed by atoms with E-state index >= 15 is 0 Å². The standard InChI is InChI=1S/C46H41ClN8O12S2/c1-24-53-54(38-22-52-39(25-6-9-27(47)10-7-25)30-21-28(65-2)11-17-36(30)55(24)38)23-37(56)50-18-4-3-5-19-51-44(57)26-8-12-29-33(20-26)46(67-45(29)58)31-13-15-34(48)42(68(59,60)61)40(31)66-41-32(46)14-16-35(49)43(41)69(62,63)64/h6-17,20-21H,3-5,18-19,22-23,48-49H2,1-2H3,(H3-,50,51,56,57,59,60,61,62,63,64)/p+1. The second kappa shape index (κ2) is 17.6. The van der Waals surface area contributed by atoms with Crippen LogP contribution in [0.15, 0.2) is 99.7 Å². The van der Waals surface area contributed by atoms with E-state index in [1.165, 1.54) is 30.3 Å². The molecule has 3 aliphatic rings.